The fraction of sp³-hybridized carbons (Fsp3) is 0.467. The molecular formula is C15H17ClN2O5S2. The van der Waals surface area contributed by atoms with Crippen LogP contribution in [0, 0.1) is 0 Å². The Morgan fingerprint density at radius 3 is 2.76 bits per heavy atom. The van der Waals surface area contributed by atoms with Gasteiger partial charge in [-0.1, -0.05) is 11.8 Å². The van der Waals surface area contributed by atoms with E-state index < -0.39 is 15.7 Å². The molecule has 1 aromatic carbocycles. The summed E-state index contributed by atoms with van der Waals surface area (Å²) in [5.74, 6) is 0.475. The number of halogens is 1. The molecule has 25 heavy (non-hydrogen) atoms. The Balaban J connectivity index is 2.11. The Bertz CT molecular complexity index is 827. The van der Waals surface area contributed by atoms with Crippen LogP contribution in [0.1, 0.15) is 0 Å². The molecule has 2 fully saturated rings. The van der Waals surface area contributed by atoms with Crippen LogP contribution in [0.15, 0.2) is 23.2 Å². The second-order valence-electron chi connectivity index (χ2n) is 5.63. The smallest absolute Gasteiger partial charge is 0.262 e. The number of nitrogens with zero attached hydrogens (tertiary/aromatic N) is 2. The summed E-state index contributed by atoms with van der Waals surface area (Å²) in [5.41, 5.74) is 0.611. The first-order valence-electron chi connectivity index (χ1n) is 7.44. The second-order valence-corrected chi connectivity index (χ2v) is 9.26. The fourth-order valence-corrected chi connectivity index (χ4v) is 6.95. The minimum atomic E-state index is -3.14. The summed E-state index contributed by atoms with van der Waals surface area (Å²) < 4.78 is 34.8. The molecular weight excluding hydrogens is 388 g/mol. The maximum absolute atomic E-state index is 12.1. The van der Waals surface area contributed by atoms with E-state index in [1.54, 1.807) is 30.2 Å². The predicted molar refractivity (Wildman–Crippen MR) is 99.0 cm³/mol. The van der Waals surface area contributed by atoms with Crippen molar-refractivity contribution in [3.63, 3.8) is 0 Å². The number of rotatable bonds is 4. The number of hydrogen-bond acceptors (Lipinski definition) is 6. The van der Waals surface area contributed by atoms with Crippen LogP contribution in [-0.4, -0.2) is 62.4 Å². The number of thioether (sulfide) groups is 1. The van der Waals surface area contributed by atoms with Gasteiger partial charge in [-0.3, -0.25) is 4.79 Å². The Morgan fingerprint density at radius 2 is 2.12 bits per heavy atom. The molecule has 2 aliphatic rings. The highest BCUT2D eigenvalue weighted by molar-refractivity contribution is 8.16. The highest BCUT2D eigenvalue weighted by Crippen LogP contribution is 2.44. The standard InChI is InChI=1S/C15H17ClN2O5S2/c1-22-9-3-4-12(23-2)10(5-9)18-11-7-25(20,21)8-13(11)24-15(18)17-14(19)6-16/h3-5,11,13H,6-8H2,1-2H3/t11-,13-/m0/s1. The van der Waals surface area contributed by atoms with Gasteiger partial charge in [0.1, 0.15) is 17.4 Å². The average molecular weight is 405 g/mol. The lowest BCUT2D eigenvalue weighted by Gasteiger charge is -2.26. The first-order chi connectivity index (χ1) is 11.9. The SMILES string of the molecule is COc1ccc(OC)c(N2C(=NC(=O)CCl)S[C@H]3CS(=O)(=O)C[C@@H]32)c1. The number of carbonyl (C=O) groups is 1. The lowest BCUT2D eigenvalue weighted by atomic mass is 10.2. The zero-order valence-electron chi connectivity index (χ0n) is 13.6. The summed E-state index contributed by atoms with van der Waals surface area (Å²) >= 11 is 6.86. The van der Waals surface area contributed by atoms with Crippen molar-refractivity contribution in [3.8, 4) is 11.5 Å². The van der Waals surface area contributed by atoms with Crippen molar-refractivity contribution in [1.29, 1.82) is 0 Å². The number of aliphatic imine (C=N–C) groups is 1. The van der Waals surface area contributed by atoms with Crippen molar-refractivity contribution in [2.45, 2.75) is 11.3 Å². The zero-order chi connectivity index (χ0) is 18.2. The Hall–Kier alpha value is -1.45. The third-order valence-electron chi connectivity index (χ3n) is 4.05. The molecule has 0 unspecified atom stereocenters. The molecule has 1 aromatic rings. The van der Waals surface area contributed by atoms with Gasteiger partial charge in [-0.15, -0.1) is 11.6 Å². The van der Waals surface area contributed by atoms with Crippen LogP contribution in [-0.2, 0) is 14.6 Å². The van der Waals surface area contributed by atoms with Gasteiger partial charge < -0.3 is 14.4 Å². The molecule has 0 spiro atoms. The first kappa shape index (κ1) is 18.3. The number of sulfone groups is 1. The number of ether oxygens (including phenoxy) is 2. The Morgan fingerprint density at radius 1 is 1.36 bits per heavy atom. The fourth-order valence-electron chi connectivity index (χ4n) is 2.97. The quantitative estimate of drug-likeness (QED) is 0.703. The van der Waals surface area contributed by atoms with E-state index in [9.17, 15) is 13.2 Å². The number of hydrogen-bond donors (Lipinski definition) is 0. The molecule has 2 atom stereocenters. The van der Waals surface area contributed by atoms with Crippen LogP contribution < -0.4 is 14.4 Å². The highest BCUT2D eigenvalue weighted by Gasteiger charge is 2.50. The number of methoxy groups -OCH3 is 2. The number of alkyl halides is 1. The van der Waals surface area contributed by atoms with E-state index >= 15 is 0 Å². The summed E-state index contributed by atoms with van der Waals surface area (Å²) in [6.45, 7) is 0. The van der Waals surface area contributed by atoms with Gasteiger partial charge in [0.2, 0.25) is 0 Å². The summed E-state index contributed by atoms with van der Waals surface area (Å²) in [6, 6.07) is 4.90. The Kier molecular flexibility index (Phi) is 5.17. The number of benzene rings is 1. The van der Waals surface area contributed by atoms with Gasteiger partial charge in [0.05, 0.1) is 37.5 Å². The summed E-state index contributed by atoms with van der Waals surface area (Å²) in [6.07, 6.45) is 0. The second kappa shape index (κ2) is 7.05. The van der Waals surface area contributed by atoms with Crippen molar-refractivity contribution in [1.82, 2.24) is 0 Å². The van der Waals surface area contributed by atoms with Crippen molar-refractivity contribution in [2.75, 3.05) is 36.5 Å². The van der Waals surface area contributed by atoms with Gasteiger partial charge >= 0.3 is 0 Å². The molecule has 0 aliphatic carbocycles. The molecule has 2 aliphatic heterocycles. The van der Waals surface area contributed by atoms with Crippen LogP contribution in [0.5, 0.6) is 11.5 Å². The lowest BCUT2D eigenvalue weighted by Crippen LogP contribution is -2.38. The van der Waals surface area contributed by atoms with Gasteiger partial charge in [0.15, 0.2) is 15.0 Å². The van der Waals surface area contributed by atoms with E-state index in [0.29, 0.717) is 22.4 Å². The molecule has 2 heterocycles. The minimum Gasteiger partial charge on any atom is -0.497 e. The van der Waals surface area contributed by atoms with Crippen molar-refractivity contribution in [3.05, 3.63) is 18.2 Å². The molecule has 0 bridgehead atoms. The third kappa shape index (κ3) is 3.58. The predicted octanol–water partition coefficient (Wildman–Crippen LogP) is 1.54. The first-order valence-corrected chi connectivity index (χ1v) is 10.7. The topological polar surface area (TPSA) is 85.3 Å². The monoisotopic (exact) mass is 404 g/mol. The normalized spacial score (nSPS) is 25.9. The van der Waals surface area contributed by atoms with Gasteiger partial charge in [-0.05, 0) is 12.1 Å². The molecule has 0 radical (unpaired) electrons. The van der Waals surface area contributed by atoms with Crippen LogP contribution in [0.4, 0.5) is 5.69 Å². The lowest BCUT2D eigenvalue weighted by molar-refractivity contribution is -0.115. The molecule has 10 heteroatoms. The van der Waals surface area contributed by atoms with Crippen molar-refractivity contribution < 1.29 is 22.7 Å². The third-order valence-corrected chi connectivity index (χ3v) is 7.49. The summed E-state index contributed by atoms with van der Waals surface area (Å²) in [5, 5.41) is 0.241. The van der Waals surface area contributed by atoms with E-state index in [4.69, 9.17) is 21.1 Å². The number of amidine groups is 1. The molecule has 0 aromatic heterocycles. The van der Waals surface area contributed by atoms with Crippen LogP contribution in [0.25, 0.3) is 0 Å². The van der Waals surface area contributed by atoms with Gasteiger partial charge in [-0.25, -0.2) is 8.42 Å². The number of carbonyl (C=O) groups excluding carboxylic acids is 1. The molecule has 7 nitrogen and oxygen atoms in total. The number of anilines is 1. The van der Waals surface area contributed by atoms with E-state index in [-0.39, 0.29) is 28.7 Å². The maximum atomic E-state index is 12.1. The molecule has 0 saturated carbocycles. The molecule has 3 rings (SSSR count). The minimum absolute atomic E-state index is 0.000877. The van der Waals surface area contributed by atoms with Gasteiger partial charge in [-0.2, -0.15) is 4.99 Å². The maximum Gasteiger partial charge on any atom is 0.262 e. The van der Waals surface area contributed by atoms with Gasteiger partial charge in [0, 0.05) is 11.3 Å². The Labute approximate surface area is 155 Å². The van der Waals surface area contributed by atoms with Crippen LogP contribution in [0.2, 0.25) is 0 Å². The molecule has 0 N–H and O–H groups in total. The van der Waals surface area contributed by atoms with Crippen molar-refractivity contribution in [2.24, 2.45) is 4.99 Å². The molecule has 136 valence electrons. The van der Waals surface area contributed by atoms with Crippen LogP contribution in [0.3, 0.4) is 0 Å². The van der Waals surface area contributed by atoms with Crippen molar-refractivity contribution >= 4 is 50.0 Å². The average Bonchev–Trinajstić information content (AvgIpc) is 3.04. The van der Waals surface area contributed by atoms with E-state index in [2.05, 4.69) is 4.99 Å². The van der Waals surface area contributed by atoms with Gasteiger partial charge in [0.25, 0.3) is 5.91 Å². The highest BCUT2D eigenvalue weighted by atomic mass is 35.5. The summed E-state index contributed by atoms with van der Waals surface area (Å²) in [7, 11) is -0.0729. The number of amides is 1. The van der Waals surface area contributed by atoms with Crippen LogP contribution >= 0.6 is 23.4 Å². The van der Waals surface area contributed by atoms with E-state index in [0.717, 1.165) is 0 Å². The molecule has 2 saturated heterocycles. The van der Waals surface area contributed by atoms with E-state index in [1.807, 2.05) is 0 Å². The zero-order valence-corrected chi connectivity index (χ0v) is 16.0. The summed E-state index contributed by atoms with van der Waals surface area (Å²) in [4.78, 5) is 17.5. The largest absolute Gasteiger partial charge is 0.497 e. The number of fused-ring (bicyclic) bond motifs is 1. The van der Waals surface area contributed by atoms with E-state index in [1.165, 1.54) is 18.9 Å². The molecule has 1 amide bonds.